The molecule has 15 heavy (non-hydrogen) atoms. The Kier molecular flexibility index (Phi) is 2.86. The SMILES string of the molecule is CC(Nc1ccc(C(N)=S)cn1)C1CC1. The van der Waals surface area contributed by atoms with Crippen molar-refractivity contribution in [2.75, 3.05) is 5.32 Å². The molecule has 0 radical (unpaired) electrons. The molecule has 80 valence electrons. The van der Waals surface area contributed by atoms with Gasteiger partial charge in [0, 0.05) is 17.8 Å². The summed E-state index contributed by atoms with van der Waals surface area (Å²) in [6, 6.07) is 4.33. The molecule has 0 aromatic carbocycles. The van der Waals surface area contributed by atoms with Crippen LogP contribution in [0.15, 0.2) is 18.3 Å². The van der Waals surface area contributed by atoms with Gasteiger partial charge in [0.2, 0.25) is 0 Å². The summed E-state index contributed by atoms with van der Waals surface area (Å²) in [7, 11) is 0. The Balaban J connectivity index is 1.99. The van der Waals surface area contributed by atoms with E-state index >= 15 is 0 Å². The maximum atomic E-state index is 5.49. The van der Waals surface area contributed by atoms with Gasteiger partial charge in [-0.15, -0.1) is 0 Å². The first-order valence-corrected chi connectivity index (χ1v) is 5.60. The largest absolute Gasteiger partial charge is 0.389 e. The Bertz CT molecular complexity index is 357. The van der Waals surface area contributed by atoms with Gasteiger partial charge in [-0.3, -0.25) is 0 Å². The van der Waals surface area contributed by atoms with Crippen LogP contribution in [0.5, 0.6) is 0 Å². The topological polar surface area (TPSA) is 50.9 Å². The van der Waals surface area contributed by atoms with Crippen molar-refractivity contribution in [3.05, 3.63) is 23.9 Å². The summed E-state index contributed by atoms with van der Waals surface area (Å²) in [4.78, 5) is 4.66. The van der Waals surface area contributed by atoms with Crippen LogP contribution in [0.25, 0.3) is 0 Å². The predicted octanol–water partition coefficient (Wildman–Crippen LogP) is 1.93. The molecule has 1 unspecified atom stereocenters. The van der Waals surface area contributed by atoms with Gasteiger partial charge in [-0.1, -0.05) is 12.2 Å². The van der Waals surface area contributed by atoms with Crippen LogP contribution >= 0.6 is 12.2 Å². The number of anilines is 1. The Morgan fingerprint density at radius 3 is 2.80 bits per heavy atom. The van der Waals surface area contributed by atoms with Crippen molar-refractivity contribution in [1.29, 1.82) is 0 Å². The number of rotatable bonds is 4. The van der Waals surface area contributed by atoms with E-state index in [2.05, 4.69) is 17.2 Å². The molecule has 0 saturated heterocycles. The highest BCUT2D eigenvalue weighted by Crippen LogP contribution is 2.33. The molecule has 1 saturated carbocycles. The molecule has 1 aliphatic carbocycles. The zero-order valence-corrected chi connectivity index (χ0v) is 9.55. The van der Waals surface area contributed by atoms with E-state index < -0.39 is 0 Å². The lowest BCUT2D eigenvalue weighted by Crippen LogP contribution is -2.18. The van der Waals surface area contributed by atoms with Crippen molar-refractivity contribution in [2.45, 2.75) is 25.8 Å². The fourth-order valence-corrected chi connectivity index (χ4v) is 1.69. The maximum Gasteiger partial charge on any atom is 0.126 e. The van der Waals surface area contributed by atoms with Gasteiger partial charge in [-0.05, 0) is 37.8 Å². The summed E-state index contributed by atoms with van der Waals surface area (Å²) in [5.41, 5.74) is 6.31. The number of hydrogen-bond donors (Lipinski definition) is 2. The third-order valence-electron chi connectivity index (χ3n) is 2.75. The van der Waals surface area contributed by atoms with E-state index in [1.165, 1.54) is 12.8 Å². The van der Waals surface area contributed by atoms with Crippen molar-refractivity contribution in [3.63, 3.8) is 0 Å². The summed E-state index contributed by atoms with van der Waals surface area (Å²) in [6.45, 7) is 2.20. The van der Waals surface area contributed by atoms with Gasteiger partial charge < -0.3 is 11.1 Å². The van der Waals surface area contributed by atoms with Crippen LogP contribution < -0.4 is 11.1 Å². The molecule has 1 aliphatic rings. The van der Waals surface area contributed by atoms with Gasteiger partial charge in [0.25, 0.3) is 0 Å². The zero-order valence-electron chi connectivity index (χ0n) is 8.73. The first kappa shape index (κ1) is 10.4. The molecule has 1 aromatic rings. The average molecular weight is 221 g/mol. The van der Waals surface area contributed by atoms with E-state index in [1.54, 1.807) is 6.20 Å². The Morgan fingerprint density at radius 1 is 1.60 bits per heavy atom. The molecule has 0 amide bonds. The van der Waals surface area contributed by atoms with E-state index in [-0.39, 0.29) is 0 Å². The molecule has 2 rings (SSSR count). The normalized spacial score (nSPS) is 17.1. The molecule has 3 N–H and O–H groups in total. The number of nitrogens with two attached hydrogens (primary N) is 1. The van der Waals surface area contributed by atoms with Crippen LogP contribution in [0.1, 0.15) is 25.3 Å². The van der Waals surface area contributed by atoms with Gasteiger partial charge in [-0.25, -0.2) is 4.98 Å². The third-order valence-corrected chi connectivity index (χ3v) is 2.99. The van der Waals surface area contributed by atoms with E-state index in [1.807, 2.05) is 12.1 Å². The van der Waals surface area contributed by atoms with Crippen LogP contribution in [0, 0.1) is 5.92 Å². The second kappa shape index (κ2) is 4.14. The lowest BCUT2D eigenvalue weighted by atomic mass is 10.2. The van der Waals surface area contributed by atoms with Crippen molar-refractivity contribution < 1.29 is 0 Å². The van der Waals surface area contributed by atoms with Crippen molar-refractivity contribution in [2.24, 2.45) is 11.7 Å². The summed E-state index contributed by atoms with van der Waals surface area (Å²) in [5.74, 6) is 1.72. The molecule has 4 heteroatoms. The minimum Gasteiger partial charge on any atom is -0.389 e. The molecule has 1 aromatic heterocycles. The third kappa shape index (κ3) is 2.65. The summed E-state index contributed by atoms with van der Waals surface area (Å²) in [5, 5.41) is 3.37. The Morgan fingerprint density at radius 2 is 2.33 bits per heavy atom. The van der Waals surface area contributed by atoms with Gasteiger partial charge >= 0.3 is 0 Å². The molecule has 1 atom stereocenters. The average Bonchev–Trinajstić information content (AvgIpc) is 3.01. The first-order chi connectivity index (χ1) is 7.16. The van der Waals surface area contributed by atoms with Crippen LogP contribution in [0.2, 0.25) is 0 Å². The number of nitrogens with one attached hydrogen (secondary N) is 1. The molecular formula is C11H15N3S. The number of aromatic nitrogens is 1. The highest BCUT2D eigenvalue weighted by atomic mass is 32.1. The summed E-state index contributed by atoms with van der Waals surface area (Å²) < 4.78 is 0. The van der Waals surface area contributed by atoms with Crippen LogP contribution in [0.3, 0.4) is 0 Å². The van der Waals surface area contributed by atoms with E-state index in [4.69, 9.17) is 18.0 Å². The molecular weight excluding hydrogens is 206 g/mol. The van der Waals surface area contributed by atoms with Gasteiger partial charge in [-0.2, -0.15) is 0 Å². The molecule has 1 heterocycles. The van der Waals surface area contributed by atoms with Crippen molar-refractivity contribution >= 4 is 23.0 Å². The molecule has 0 spiro atoms. The number of nitrogens with zero attached hydrogens (tertiary/aromatic N) is 1. The Labute approximate surface area is 95.1 Å². The molecule has 1 fully saturated rings. The fraction of sp³-hybridized carbons (Fsp3) is 0.455. The van der Waals surface area contributed by atoms with Crippen molar-refractivity contribution in [3.8, 4) is 0 Å². The van der Waals surface area contributed by atoms with Gasteiger partial charge in [0.05, 0.1) is 0 Å². The monoisotopic (exact) mass is 221 g/mol. The highest BCUT2D eigenvalue weighted by Gasteiger charge is 2.27. The Hall–Kier alpha value is -1.16. The maximum absolute atomic E-state index is 5.49. The first-order valence-electron chi connectivity index (χ1n) is 5.19. The number of hydrogen-bond acceptors (Lipinski definition) is 3. The van der Waals surface area contributed by atoms with Crippen LogP contribution in [-0.4, -0.2) is 16.0 Å². The lowest BCUT2D eigenvalue weighted by Gasteiger charge is -2.13. The minimum absolute atomic E-state index is 0.393. The smallest absolute Gasteiger partial charge is 0.126 e. The predicted molar refractivity (Wildman–Crippen MR) is 65.9 cm³/mol. The summed E-state index contributed by atoms with van der Waals surface area (Å²) >= 11 is 4.86. The fourth-order valence-electron chi connectivity index (χ4n) is 1.57. The lowest BCUT2D eigenvalue weighted by molar-refractivity contribution is 0.691. The minimum atomic E-state index is 0.393. The van der Waals surface area contributed by atoms with E-state index in [0.717, 1.165) is 17.3 Å². The second-order valence-corrected chi connectivity index (χ2v) is 4.51. The zero-order chi connectivity index (χ0) is 10.8. The highest BCUT2D eigenvalue weighted by molar-refractivity contribution is 7.80. The van der Waals surface area contributed by atoms with Crippen LogP contribution in [0.4, 0.5) is 5.82 Å². The van der Waals surface area contributed by atoms with Gasteiger partial charge in [0.15, 0.2) is 0 Å². The van der Waals surface area contributed by atoms with Crippen molar-refractivity contribution in [1.82, 2.24) is 4.98 Å². The molecule has 0 bridgehead atoms. The molecule has 3 nitrogen and oxygen atoms in total. The quantitative estimate of drug-likeness (QED) is 0.763. The summed E-state index contributed by atoms with van der Waals surface area (Å²) in [6.07, 6.45) is 4.38. The second-order valence-electron chi connectivity index (χ2n) is 4.07. The number of pyridine rings is 1. The van der Waals surface area contributed by atoms with Gasteiger partial charge in [0.1, 0.15) is 10.8 Å². The molecule has 0 aliphatic heterocycles. The van der Waals surface area contributed by atoms with Crippen LogP contribution in [-0.2, 0) is 0 Å². The van der Waals surface area contributed by atoms with E-state index in [0.29, 0.717) is 11.0 Å². The number of thiocarbonyl (C=S) groups is 1. The standard InChI is InChI=1S/C11H15N3S/c1-7(8-2-3-8)14-10-5-4-9(6-13-10)11(12)15/h4-8H,2-3H2,1H3,(H2,12,15)(H,13,14). The van der Waals surface area contributed by atoms with E-state index in [9.17, 15) is 0 Å².